The van der Waals surface area contributed by atoms with Gasteiger partial charge >= 0.3 is 0 Å². The Labute approximate surface area is 175 Å². The molecule has 0 bridgehead atoms. The molecule has 1 saturated heterocycles. The molecule has 6 nitrogen and oxygen atoms in total. The fourth-order valence-electron chi connectivity index (χ4n) is 3.88. The zero-order valence-electron chi connectivity index (χ0n) is 16.6. The summed E-state index contributed by atoms with van der Waals surface area (Å²) in [5.41, 5.74) is 4.95. The van der Waals surface area contributed by atoms with Crippen LogP contribution < -0.4 is 4.90 Å². The Morgan fingerprint density at radius 2 is 1.73 bits per heavy atom. The van der Waals surface area contributed by atoms with Crippen LogP contribution in [0.3, 0.4) is 0 Å². The summed E-state index contributed by atoms with van der Waals surface area (Å²) in [5, 5.41) is 8.93. The molecule has 2 aromatic carbocycles. The lowest BCUT2D eigenvalue weighted by Crippen LogP contribution is -2.46. The van der Waals surface area contributed by atoms with Crippen molar-refractivity contribution < 1.29 is 0 Å². The molecular formula is C24H22N6. The number of benzene rings is 2. The number of aromatic amines is 1. The quantitative estimate of drug-likeness (QED) is 0.570. The van der Waals surface area contributed by atoms with Crippen LogP contribution in [0.15, 0.2) is 66.9 Å². The molecule has 0 radical (unpaired) electrons. The molecule has 1 N–H and O–H groups in total. The van der Waals surface area contributed by atoms with Gasteiger partial charge in [0.25, 0.3) is 0 Å². The Balaban J connectivity index is 1.21. The van der Waals surface area contributed by atoms with Gasteiger partial charge in [-0.1, -0.05) is 24.3 Å². The van der Waals surface area contributed by atoms with Gasteiger partial charge in [-0.3, -0.25) is 4.90 Å². The van der Waals surface area contributed by atoms with Gasteiger partial charge in [-0.25, -0.2) is 9.97 Å². The Hall–Kier alpha value is -3.69. The van der Waals surface area contributed by atoms with Crippen molar-refractivity contribution in [1.82, 2.24) is 19.9 Å². The lowest BCUT2D eigenvalue weighted by Gasteiger charge is -2.35. The van der Waals surface area contributed by atoms with Crippen LogP contribution in [0.1, 0.15) is 11.1 Å². The van der Waals surface area contributed by atoms with E-state index < -0.39 is 0 Å². The molecule has 0 spiro atoms. The number of nitrogens with zero attached hydrogens (tertiary/aromatic N) is 5. The van der Waals surface area contributed by atoms with Crippen LogP contribution in [-0.4, -0.2) is 46.0 Å². The van der Waals surface area contributed by atoms with Crippen molar-refractivity contribution in [3.8, 4) is 17.5 Å². The van der Waals surface area contributed by atoms with Crippen LogP contribution in [-0.2, 0) is 6.54 Å². The number of H-pyrrole nitrogens is 1. The van der Waals surface area contributed by atoms with Gasteiger partial charge in [0.2, 0.25) is 0 Å². The van der Waals surface area contributed by atoms with E-state index in [4.69, 9.17) is 10.2 Å². The summed E-state index contributed by atoms with van der Waals surface area (Å²) < 4.78 is 0. The van der Waals surface area contributed by atoms with Gasteiger partial charge in [0.05, 0.1) is 22.7 Å². The summed E-state index contributed by atoms with van der Waals surface area (Å²) in [6, 6.07) is 22.2. The number of pyridine rings is 1. The van der Waals surface area contributed by atoms with E-state index in [1.807, 2.05) is 54.7 Å². The number of anilines is 1. The largest absolute Gasteiger partial charge is 0.354 e. The van der Waals surface area contributed by atoms with Crippen LogP contribution in [0, 0.1) is 11.3 Å². The van der Waals surface area contributed by atoms with Crippen molar-refractivity contribution in [2.75, 3.05) is 31.1 Å². The summed E-state index contributed by atoms with van der Waals surface area (Å²) in [5.74, 6) is 1.86. The lowest BCUT2D eigenvalue weighted by atomic mass is 10.1. The van der Waals surface area contributed by atoms with Crippen LogP contribution in [0.25, 0.3) is 22.4 Å². The van der Waals surface area contributed by atoms with Crippen LogP contribution in [0.5, 0.6) is 0 Å². The van der Waals surface area contributed by atoms with Crippen LogP contribution >= 0.6 is 0 Å². The number of nitriles is 1. The van der Waals surface area contributed by atoms with E-state index in [2.05, 4.69) is 38.0 Å². The smallest absolute Gasteiger partial charge is 0.140 e. The van der Waals surface area contributed by atoms with Gasteiger partial charge in [0, 0.05) is 44.5 Å². The summed E-state index contributed by atoms with van der Waals surface area (Å²) in [6.45, 7) is 4.80. The van der Waals surface area contributed by atoms with Crippen LogP contribution in [0.4, 0.5) is 5.82 Å². The number of hydrogen-bond acceptors (Lipinski definition) is 5. The highest BCUT2D eigenvalue weighted by molar-refractivity contribution is 5.79. The number of aromatic nitrogens is 3. The minimum absolute atomic E-state index is 0.709. The average molecular weight is 394 g/mol. The van der Waals surface area contributed by atoms with E-state index >= 15 is 0 Å². The number of piperazine rings is 1. The summed E-state index contributed by atoms with van der Waals surface area (Å²) in [6.07, 6.45) is 1.90. The van der Waals surface area contributed by atoms with E-state index in [0.29, 0.717) is 5.56 Å². The molecule has 6 heteroatoms. The number of imidazole rings is 1. The maximum absolute atomic E-state index is 8.93. The van der Waals surface area contributed by atoms with Crippen molar-refractivity contribution >= 4 is 16.9 Å². The fourth-order valence-corrected chi connectivity index (χ4v) is 3.88. The Kier molecular flexibility index (Phi) is 4.88. The number of hydrogen-bond donors (Lipinski definition) is 1. The van der Waals surface area contributed by atoms with Crippen LogP contribution in [0.2, 0.25) is 0 Å². The van der Waals surface area contributed by atoms with Crippen molar-refractivity contribution in [3.05, 3.63) is 78.0 Å². The molecule has 148 valence electrons. The highest BCUT2D eigenvalue weighted by Crippen LogP contribution is 2.22. The second-order valence-corrected chi connectivity index (χ2v) is 7.58. The zero-order chi connectivity index (χ0) is 20.3. The minimum Gasteiger partial charge on any atom is -0.354 e. The molecule has 1 fully saturated rings. The predicted molar refractivity (Wildman–Crippen MR) is 118 cm³/mol. The molecule has 0 unspecified atom stereocenters. The topological polar surface area (TPSA) is 71.8 Å². The first kappa shape index (κ1) is 18.3. The van der Waals surface area contributed by atoms with E-state index in [1.165, 1.54) is 5.56 Å². The van der Waals surface area contributed by atoms with E-state index in [1.54, 1.807) is 0 Å². The number of rotatable bonds is 4. The normalized spacial score (nSPS) is 14.7. The molecule has 0 saturated carbocycles. The summed E-state index contributed by atoms with van der Waals surface area (Å²) in [4.78, 5) is 17.5. The van der Waals surface area contributed by atoms with E-state index in [-0.39, 0.29) is 0 Å². The Morgan fingerprint density at radius 3 is 2.43 bits per heavy atom. The summed E-state index contributed by atoms with van der Waals surface area (Å²) >= 11 is 0. The van der Waals surface area contributed by atoms with Gasteiger partial charge in [-0.05, 0) is 42.0 Å². The Bertz CT molecular complexity index is 1150. The third kappa shape index (κ3) is 3.76. The fraction of sp³-hybridized carbons (Fsp3) is 0.208. The maximum atomic E-state index is 8.93. The van der Waals surface area contributed by atoms with Gasteiger partial charge in [0.15, 0.2) is 0 Å². The summed E-state index contributed by atoms with van der Waals surface area (Å²) in [7, 11) is 0. The zero-order valence-corrected chi connectivity index (χ0v) is 16.6. The maximum Gasteiger partial charge on any atom is 0.140 e. The SMILES string of the molecule is N#Cc1ccc(CN2CCN(c3ccc(-c4nc5ccccc5[nH]4)cn3)CC2)cc1. The van der Waals surface area contributed by atoms with Gasteiger partial charge in [0.1, 0.15) is 11.6 Å². The number of fused-ring (bicyclic) bond motifs is 1. The molecule has 4 aromatic rings. The first-order valence-corrected chi connectivity index (χ1v) is 10.2. The van der Waals surface area contributed by atoms with Crippen molar-refractivity contribution in [2.45, 2.75) is 6.54 Å². The molecule has 3 heterocycles. The average Bonchev–Trinajstić information content (AvgIpc) is 3.25. The van der Waals surface area contributed by atoms with Crippen molar-refractivity contribution in [2.24, 2.45) is 0 Å². The van der Waals surface area contributed by atoms with Gasteiger partial charge in [-0.2, -0.15) is 5.26 Å². The first-order chi connectivity index (χ1) is 14.8. The van der Waals surface area contributed by atoms with E-state index in [9.17, 15) is 0 Å². The Morgan fingerprint density at radius 1 is 0.933 bits per heavy atom. The molecule has 5 rings (SSSR count). The molecule has 0 aliphatic carbocycles. The molecule has 2 aromatic heterocycles. The second-order valence-electron chi connectivity index (χ2n) is 7.58. The second kappa shape index (κ2) is 7.97. The number of para-hydroxylation sites is 2. The third-order valence-electron chi connectivity index (χ3n) is 5.60. The minimum atomic E-state index is 0.709. The van der Waals surface area contributed by atoms with Crippen molar-refractivity contribution in [1.29, 1.82) is 5.26 Å². The van der Waals surface area contributed by atoms with Crippen molar-refractivity contribution in [3.63, 3.8) is 0 Å². The molecule has 1 aliphatic heterocycles. The molecular weight excluding hydrogens is 372 g/mol. The third-order valence-corrected chi connectivity index (χ3v) is 5.60. The number of nitrogens with one attached hydrogen (secondary N) is 1. The monoisotopic (exact) mass is 394 g/mol. The van der Waals surface area contributed by atoms with Gasteiger partial charge < -0.3 is 9.88 Å². The van der Waals surface area contributed by atoms with Gasteiger partial charge in [-0.15, -0.1) is 0 Å². The molecule has 0 atom stereocenters. The molecule has 1 aliphatic rings. The van der Waals surface area contributed by atoms with E-state index in [0.717, 1.165) is 61.0 Å². The first-order valence-electron chi connectivity index (χ1n) is 10.2. The predicted octanol–water partition coefficient (Wildman–Crippen LogP) is 3.82. The molecule has 0 amide bonds. The molecule has 30 heavy (non-hydrogen) atoms. The highest BCUT2D eigenvalue weighted by Gasteiger charge is 2.18. The standard InChI is InChI=1S/C24H22N6/c25-15-18-5-7-19(8-6-18)17-29-11-13-30(14-12-29)23-10-9-20(16-26-23)24-27-21-3-1-2-4-22(21)28-24/h1-10,16H,11-14,17H2,(H,27,28). The highest BCUT2D eigenvalue weighted by atomic mass is 15.3. The lowest BCUT2D eigenvalue weighted by molar-refractivity contribution is 0.249.